The van der Waals surface area contributed by atoms with Gasteiger partial charge >= 0.3 is 0 Å². The van der Waals surface area contributed by atoms with Crippen molar-refractivity contribution in [1.29, 1.82) is 0 Å². The molecule has 108 valence electrons. The second-order valence-electron chi connectivity index (χ2n) is 5.49. The van der Waals surface area contributed by atoms with E-state index in [1.54, 1.807) is 0 Å². The minimum absolute atomic E-state index is 0.413. The van der Waals surface area contributed by atoms with Gasteiger partial charge in [-0.15, -0.1) is 0 Å². The Morgan fingerprint density at radius 3 is 2.76 bits per heavy atom. The van der Waals surface area contributed by atoms with Crippen LogP contribution in [0.4, 0.5) is 5.69 Å². The Morgan fingerprint density at radius 1 is 1.14 bits per heavy atom. The highest BCUT2D eigenvalue weighted by atomic mass is 16.3. The summed E-state index contributed by atoms with van der Waals surface area (Å²) >= 11 is 0. The van der Waals surface area contributed by atoms with Gasteiger partial charge in [-0.2, -0.15) is 0 Å². The fourth-order valence-electron chi connectivity index (χ4n) is 2.52. The predicted molar refractivity (Wildman–Crippen MR) is 86.6 cm³/mol. The van der Waals surface area contributed by atoms with Crippen molar-refractivity contribution < 1.29 is 4.42 Å². The normalized spacial score (nSPS) is 12.5. The molecule has 3 nitrogen and oxygen atoms in total. The summed E-state index contributed by atoms with van der Waals surface area (Å²) < 4.78 is 5.49. The van der Waals surface area contributed by atoms with E-state index >= 15 is 0 Å². The molecule has 0 saturated heterocycles. The summed E-state index contributed by atoms with van der Waals surface area (Å²) in [5.41, 5.74) is 4.23. The van der Waals surface area contributed by atoms with E-state index in [9.17, 15) is 0 Å². The second kappa shape index (κ2) is 6.00. The van der Waals surface area contributed by atoms with Crippen molar-refractivity contribution in [3.63, 3.8) is 0 Å². The molecule has 3 aromatic rings. The monoisotopic (exact) mass is 280 g/mol. The van der Waals surface area contributed by atoms with Gasteiger partial charge in [0.05, 0.1) is 0 Å². The van der Waals surface area contributed by atoms with Gasteiger partial charge in [0.15, 0.2) is 11.5 Å². The smallest absolute Gasteiger partial charge is 0.192 e. The lowest BCUT2D eigenvalue weighted by Gasteiger charge is -2.15. The van der Waals surface area contributed by atoms with Gasteiger partial charge in [-0.3, -0.25) is 0 Å². The van der Waals surface area contributed by atoms with E-state index in [0.29, 0.717) is 11.9 Å². The summed E-state index contributed by atoms with van der Waals surface area (Å²) in [4.78, 5) is 4.37. The third-order valence-corrected chi connectivity index (χ3v) is 3.62. The fourth-order valence-corrected chi connectivity index (χ4v) is 2.52. The number of benzene rings is 2. The van der Waals surface area contributed by atoms with Crippen molar-refractivity contribution in [3.05, 3.63) is 60.0 Å². The zero-order valence-corrected chi connectivity index (χ0v) is 12.5. The van der Waals surface area contributed by atoms with Crippen LogP contribution in [0.15, 0.2) is 52.9 Å². The molecule has 2 aromatic carbocycles. The average molecular weight is 280 g/mol. The molecule has 0 fully saturated rings. The molecule has 0 aliphatic heterocycles. The molecule has 0 amide bonds. The topological polar surface area (TPSA) is 38.1 Å². The van der Waals surface area contributed by atoms with E-state index in [2.05, 4.69) is 47.6 Å². The summed E-state index contributed by atoms with van der Waals surface area (Å²) in [6, 6.07) is 17.1. The van der Waals surface area contributed by atoms with Crippen molar-refractivity contribution in [2.45, 2.75) is 32.7 Å². The highest BCUT2D eigenvalue weighted by Crippen LogP contribution is 2.20. The molecule has 1 N–H and O–H groups in total. The van der Waals surface area contributed by atoms with E-state index in [1.165, 1.54) is 5.56 Å². The number of nitrogens with zero attached hydrogens (tertiary/aromatic N) is 1. The second-order valence-corrected chi connectivity index (χ2v) is 5.49. The van der Waals surface area contributed by atoms with Crippen LogP contribution in [0.1, 0.15) is 24.8 Å². The number of aryl methyl sites for hydroxylation is 2. The van der Waals surface area contributed by atoms with E-state index < -0.39 is 0 Å². The third-order valence-electron chi connectivity index (χ3n) is 3.62. The fraction of sp³-hybridized carbons (Fsp3) is 0.278. The summed E-state index contributed by atoms with van der Waals surface area (Å²) in [5, 5.41) is 3.53. The highest BCUT2D eigenvalue weighted by Gasteiger charge is 2.06. The van der Waals surface area contributed by atoms with Crippen LogP contribution in [-0.2, 0) is 6.42 Å². The van der Waals surface area contributed by atoms with Gasteiger partial charge in [-0.25, -0.2) is 4.98 Å². The number of fused-ring (bicyclic) bond motifs is 1. The number of anilines is 1. The Balaban J connectivity index is 1.61. The maximum absolute atomic E-state index is 5.49. The van der Waals surface area contributed by atoms with Crippen LogP contribution in [0.5, 0.6) is 0 Å². The summed E-state index contributed by atoms with van der Waals surface area (Å²) in [6.45, 7) is 4.08. The molecule has 0 bridgehead atoms. The molecule has 3 heteroatoms. The number of rotatable bonds is 5. The molecule has 0 saturated carbocycles. The van der Waals surface area contributed by atoms with Crippen LogP contribution in [0.3, 0.4) is 0 Å². The van der Waals surface area contributed by atoms with Crippen LogP contribution < -0.4 is 5.32 Å². The van der Waals surface area contributed by atoms with Gasteiger partial charge in [-0.1, -0.05) is 30.3 Å². The Morgan fingerprint density at radius 2 is 1.95 bits per heavy atom. The molecule has 3 rings (SSSR count). The number of nitrogens with one attached hydrogen (secondary N) is 1. The molecule has 1 aromatic heterocycles. The van der Waals surface area contributed by atoms with Gasteiger partial charge in [0, 0.05) is 18.7 Å². The average Bonchev–Trinajstić information content (AvgIpc) is 2.85. The highest BCUT2D eigenvalue weighted by molar-refractivity contribution is 5.77. The third kappa shape index (κ3) is 3.43. The molecule has 1 unspecified atom stereocenters. The lowest BCUT2D eigenvalue weighted by molar-refractivity contribution is 0.561. The van der Waals surface area contributed by atoms with Crippen molar-refractivity contribution in [2.24, 2.45) is 0 Å². The zero-order chi connectivity index (χ0) is 14.7. The number of hydrogen-bond donors (Lipinski definition) is 1. The number of oxazole rings is 1. The molecule has 1 atom stereocenters. The van der Waals surface area contributed by atoms with E-state index in [4.69, 9.17) is 4.42 Å². The van der Waals surface area contributed by atoms with Crippen LogP contribution >= 0.6 is 0 Å². The minimum Gasteiger partial charge on any atom is -0.441 e. The van der Waals surface area contributed by atoms with E-state index in [1.807, 2.05) is 25.1 Å². The standard InChI is InChI=1S/C18H20N2O/c1-13(8-9-15-6-4-3-5-7-15)19-16-10-11-18-17(12-16)20-14(2)21-18/h3-7,10-13,19H,8-9H2,1-2H3. The molecule has 1 heterocycles. The van der Waals surface area contributed by atoms with Crippen molar-refractivity contribution in [2.75, 3.05) is 5.32 Å². The lowest BCUT2D eigenvalue weighted by atomic mass is 10.1. The summed E-state index contributed by atoms with van der Waals surface area (Å²) in [7, 11) is 0. The zero-order valence-electron chi connectivity index (χ0n) is 12.5. The van der Waals surface area contributed by atoms with Crippen LogP contribution in [0.25, 0.3) is 11.1 Å². The Kier molecular flexibility index (Phi) is 3.91. The van der Waals surface area contributed by atoms with E-state index in [0.717, 1.165) is 29.6 Å². The molecule has 0 spiro atoms. The summed E-state index contributed by atoms with van der Waals surface area (Å²) in [6.07, 6.45) is 2.18. The van der Waals surface area contributed by atoms with Crippen molar-refractivity contribution >= 4 is 16.8 Å². The van der Waals surface area contributed by atoms with E-state index in [-0.39, 0.29) is 0 Å². The first-order valence-corrected chi connectivity index (χ1v) is 7.38. The Hall–Kier alpha value is -2.29. The summed E-state index contributed by atoms with van der Waals surface area (Å²) in [5.74, 6) is 0.708. The maximum atomic E-state index is 5.49. The van der Waals surface area contributed by atoms with Crippen molar-refractivity contribution in [3.8, 4) is 0 Å². The SMILES string of the molecule is Cc1nc2cc(NC(C)CCc3ccccc3)ccc2o1. The molecule has 0 radical (unpaired) electrons. The molecule has 0 aliphatic rings. The molecule has 21 heavy (non-hydrogen) atoms. The predicted octanol–water partition coefficient (Wildman–Crippen LogP) is 4.57. The Bertz CT molecular complexity index is 718. The first kappa shape index (κ1) is 13.7. The van der Waals surface area contributed by atoms with Gasteiger partial charge in [0.2, 0.25) is 0 Å². The molecular formula is C18H20N2O. The quantitative estimate of drug-likeness (QED) is 0.744. The first-order valence-electron chi connectivity index (χ1n) is 7.38. The van der Waals surface area contributed by atoms with Crippen molar-refractivity contribution in [1.82, 2.24) is 4.98 Å². The van der Waals surface area contributed by atoms with Crippen LogP contribution in [0.2, 0.25) is 0 Å². The Labute approximate surface area is 125 Å². The minimum atomic E-state index is 0.413. The van der Waals surface area contributed by atoms with Gasteiger partial charge < -0.3 is 9.73 Å². The number of hydrogen-bond acceptors (Lipinski definition) is 3. The largest absolute Gasteiger partial charge is 0.441 e. The molecular weight excluding hydrogens is 260 g/mol. The molecule has 0 aliphatic carbocycles. The van der Waals surface area contributed by atoms with Gasteiger partial charge in [-0.05, 0) is 43.5 Å². The number of aromatic nitrogens is 1. The van der Waals surface area contributed by atoms with Crippen LogP contribution in [0, 0.1) is 6.92 Å². The lowest BCUT2D eigenvalue weighted by Crippen LogP contribution is -2.15. The first-order chi connectivity index (χ1) is 10.2. The van der Waals surface area contributed by atoms with Gasteiger partial charge in [0.1, 0.15) is 5.52 Å². The van der Waals surface area contributed by atoms with Crippen LogP contribution in [-0.4, -0.2) is 11.0 Å². The maximum Gasteiger partial charge on any atom is 0.192 e. The van der Waals surface area contributed by atoms with Gasteiger partial charge in [0.25, 0.3) is 0 Å².